The zero-order chi connectivity index (χ0) is 19.1. The van der Waals surface area contributed by atoms with Crippen molar-refractivity contribution >= 4 is 43.4 Å². The number of halogens is 1. The lowest BCUT2D eigenvalue weighted by atomic mass is 10.2. The van der Waals surface area contributed by atoms with Crippen molar-refractivity contribution in [2.24, 2.45) is 0 Å². The molecule has 138 valence electrons. The first-order valence-corrected chi connectivity index (χ1v) is 9.70. The Morgan fingerprint density at radius 3 is 2.63 bits per heavy atom. The van der Waals surface area contributed by atoms with Crippen LogP contribution in [0.4, 0.5) is 0 Å². The summed E-state index contributed by atoms with van der Waals surface area (Å²) in [5.74, 6) is 0.621. The van der Waals surface area contributed by atoms with E-state index in [0.29, 0.717) is 27.6 Å². The predicted octanol–water partition coefficient (Wildman–Crippen LogP) is 3.59. The topological polar surface area (TPSA) is 63.9 Å². The molecule has 27 heavy (non-hydrogen) atoms. The highest BCUT2D eigenvalue weighted by Crippen LogP contribution is 2.32. The zero-order valence-electron chi connectivity index (χ0n) is 15.2. The van der Waals surface area contributed by atoms with Crippen LogP contribution in [-0.2, 0) is 6.54 Å². The number of benzene rings is 1. The molecule has 0 amide bonds. The average Bonchev–Trinajstić information content (AvgIpc) is 3.01. The molecule has 8 heteroatoms. The summed E-state index contributed by atoms with van der Waals surface area (Å²) in [5, 5.41) is 1.52. The molecule has 3 heterocycles. The molecule has 4 aromatic rings. The summed E-state index contributed by atoms with van der Waals surface area (Å²) in [7, 11) is 3.96. The second-order valence-electron chi connectivity index (χ2n) is 6.65. The van der Waals surface area contributed by atoms with Crippen molar-refractivity contribution in [3.8, 4) is 11.4 Å². The fraction of sp³-hybridized carbons (Fsp3) is 0.263. The minimum absolute atomic E-state index is 0.0303. The molecule has 0 saturated heterocycles. The van der Waals surface area contributed by atoms with Gasteiger partial charge in [0.15, 0.2) is 5.82 Å². The van der Waals surface area contributed by atoms with Crippen molar-refractivity contribution in [3.05, 3.63) is 51.7 Å². The molecule has 3 aromatic heterocycles. The van der Waals surface area contributed by atoms with Gasteiger partial charge in [0.25, 0.3) is 5.56 Å². The number of thiophene rings is 1. The summed E-state index contributed by atoms with van der Waals surface area (Å²) in [4.78, 5) is 29.5. The first kappa shape index (κ1) is 18.0. The van der Waals surface area contributed by atoms with Crippen LogP contribution in [0.2, 0.25) is 5.02 Å². The third-order valence-electron chi connectivity index (χ3n) is 4.38. The number of aromatic nitrogens is 4. The molecule has 0 spiro atoms. The minimum Gasteiger partial charge on any atom is -0.308 e. The highest BCUT2D eigenvalue weighted by atomic mass is 35.5. The van der Waals surface area contributed by atoms with E-state index in [1.54, 1.807) is 10.9 Å². The highest BCUT2D eigenvalue weighted by molar-refractivity contribution is 7.25. The molecule has 0 aliphatic heterocycles. The minimum atomic E-state index is -0.0303. The number of hydrogen-bond donors (Lipinski definition) is 0. The number of nitrogens with zero attached hydrogens (tertiary/aromatic N) is 5. The Kier molecular flexibility index (Phi) is 4.67. The molecule has 0 N–H and O–H groups in total. The van der Waals surface area contributed by atoms with Gasteiger partial charge < -0.3 is 4.90 Å². The molecule has 1 aromatic carbocycles. The molecule has 6 nitrogen and oxygen atoms in total. The van der Waals surface area contributed by atoms with E-state index in [1.807, 2.05) is 50.2 Å². The maximum atomic E-state index is 12.9. The standard InChI is InChI=1S/C19H18ClN5OS/c1-11-14-15-16(19(26)25(10-21-15)9-8-24(2)3)27-18(14)23-17(22-11)12-4-6-13(20)7-5-12/h4-7,10H,8-9H2,1-3H3. The van der Waals surface area contributed by atoms with Crippen LogP contribution in [0.1, 0.15) is 5.69 Å². The van der Waals surface area contributed by atoms with Gasteiger partial charge in [0.05, 0.1) is 22.9 Å². The number of likely N-dealkylation sites (N-methyl/N-ethyl adjacent to an activating group) is 1. The van der Waals surface area contributed by atoms with E-state index in [0.717, 1.165) is 28.0 Å². The quantitative estimate of drug-likeness (QED) is 0.524. The van der Waals surface area contributed by atoms with Crippen LogP contribution in [0.15, 0.2) is 35.4 Å². The van der Waals surface area contributed by atoms with Crippen LogP contribution in [-0.4, -0.2) is 45.1 Å². The lowest BCUT2D eigenvalue weighted by Crippen LogP contribution is -2.26. The predicted molar refractivity (Wildman–Crippen MR) is 111 cm³/mol. The van der Waals surface area contributed by atoms with Crippen LogP contribution in [0.3, 0.4) is 0 Å². The van der Waals surface area contributed by atoms with Crippen LogP contribution >= 0.6 is 22.9 Å². The zero-order valence-corrected chi connectivity index (χ0v) is 16.8. The maximum Gasteiger partial charge on any atom is 0.271 e. The van der Waals surface area contributed by atoms with E-state index in [4.69, 9.17) is 11.6 Å². The third-order valence-corrected chi connectivity index (χ3v) is 5.69. The lowest BCUT2D eigenvalue weighted by molar-refractivity contribution is 0.380. The summed E-state index contributed by atoms with van der Waals surface area (Å²) >= 11 is 7.35. The first-order valence-electron chi connectivity index (χ1n) is 8.51. The van der Waals surface area contributed by atoms with Crippen molar-refractivity contribution in [2.45, 2.75) is 13.5 Å². The number of rotatable bonds is 4. The fourth-order valence-electron chi connectivity index (χ4n) is 2.93. The van der Waals surface area contributed by atoms with Gasteiger partial charge in [0.2, 0.25) is 0 Å². The third kappa shape index (κ3) is 3.34. The molecule has 0 bridgehead atoms. The first-order chi connectivity index (χ1) is 12.9. The normalized spacial score (nSPS) is 11.7. The second kappa shape index (κ2) is 6.99. The van der Waals surface area contributed by atoms with Gasteiger partial charge in [-0.05, 0) is 45.3 Å². The van der Waals surface area contributed by atoms with Gasteiger partial charge in [-0.15, -0.1) is 11.3 Å². The molecular formula is C19H18ClN5OS. The summed E-state index contributed by atoms with van der Waals surface area (Å²) < 4.78 is 2.28. The summed E-state index contributed by atoms with van der Waals surface area (Å²) in [5.41, 5.74) is 2.35. The molecule has 0 radical (unpaired) electrons. The smallest absolute Gasteiger partial charge is 0.271 e. The van der Waals surface area contributed by atoms with Crippen molar-refractivity contribution in [1.29, 1.82) is 0 Å². The Labute approximate surface area is 165 Å². The molecule has 0 fully saturated rings. The molecule has 0 unspecified atom stereocenters. The van der Waals surface area contributed by atoms with E-state index in [9.17, 15) is 4.79 Å². The molecule has 0 saturated carbocycles. The van der Waals surface area contributed by atoms with Gasteiger partial charge in [-0.25, -0.2) is 15.0 Å². The Hall–Kier alpha value is -2.35. The monoisotopic (exact) mass is 399 g/mol. The molecule has 0 atom stereocenters. The maximum absolute atomic E-state index is 12.9. The number of aryl methyl sites for hydroxylation is 1. The molecule has 0 aliphatic rings. The van der Waals surface area contributed by atoms with Gasteiger partial charge in [-0.2, -0.15) is 0 Å². The summed E-state index contributed by atoms with van der Waals surface area (Å²) in [6, 6.07) is 7.41. The van der Waals surface area contributed by atoms with Crippen LogP contribution < -0.4 is 5.56 Å². The van der Waals surface area contributed by atoms with Crippen LogP contribution in [0.25, 0.3) is 31.8 Å². The van der Waals surface area contributed by atoms with Crippen LogP contribution in [0, 0.1) is 6.92 Å². The van der Waals surface area contributed by atoms with Gasteiger partial charge >= 0.3 is 0 Å². The van der Waals surface area contributed by atoms with E-state index in [1.165, 1.54) is 11.3 Å². The van der Waals surface area contributed by atoms with E-state index < -0.39 is 0 Å². The molecule has 4 rings (SSSR count). The molecular weight excluding hydrogens is 382 g/mol. The van der Waals surface area contributed by atoms with Crippen molar-refractivity contribution in [3.63, 3.8) is 0 Å². The highest BCUT2D eigenvalue weighted by Gasteiger charge is 2.17. The second-order valence-corrected chi connectivity index (χ2v) is 8.08. The average molecular weight is 400 g/mol. The largest absolute Gasteiger partial charge is 0.308 e. The van der Waals surface area contributed by atoms with Gasteiger partial charge in [-0.1, -0.05) is 11.6 Å². The van der Waals surface area contributed by atoms with Gasteiger partial charge in [0, 0.05) is 23.7 Å². The van der Waals surface area contributed by atoms with Crippen molar-refractivity contribution in [1.82, 2.24) is 24.4 Å². The van der Waals surface area contributed by atoms with E-state index >= 15 is 0 Å². The SMILES string of the molecule is Cc1nc(-c2ccc(Cl)cc2)nc2sc3c(=O)n(CCN(C)C)cnc3c12. The van der Waals surface area contributed by atoms with Crippen molar-refractivity contribution in [2.75, 3.05) is 20.6 Å². The summed E-state index contributed by atoms with van der Waals surface area (Å²) in [6.45, 7) is 3.30. The Bertz CT molecular complexity index is 1200. The Balaban J connectivity index is 1.87. The Morgan fingerprint density at radius 2 is 1.93 bits per heavy atom. The van der Waals surface area contributed by atoms with Gasteiger partial charge in [0.1, 0.15) is 9.53 Å². The summed E-state index contributed by atoms with van der Waals surface area (Å²) in [6.07, 6.45) is 1.62. The molecule has 0 aliphatic carbocycles. The van der Waals surface area contributed by atoms with Crippen molar-refractivity contribution < 1.29 is 0 Å². The van der Waals surface area contributed by atoms with Crippen LogP contribution in [0.5, 0.6) is 0 Å². The number of fused-ring (bicyclic) bond motifs is 3. The van der Waals surface area contributed by atoms with E-state index in [-0.39, 0.29) is 5.56 Å². The van der Waals surface area contributed by atoms with E-state index in [2.05, 4.69) is 15.0 Å². The fourth-order valence-corrected chi connectivity index (χ4v) is 4.18. The lowest BCUT2D eigenvalue weighted by Gasteiger charge is -2.10. The van der Waals surface area contributed by atoms with Gasteiger partial charge in [-0.3, -0.25) is 9.36 Å². The Morgan fingerprint density at radius 1 is 1.19 bits per heavy atom. The number of hydrogen-bond acceptors (Lipinski definition) is 6.